The minimum absolute atomic E-state index is 0.195. The van der Waals surface area contributed by atoms with Gasteiger partial charge in [0.25, 0.3) is 5.22 Å². The van der Waals surface area contributed by atoms with E-state index in [1.165, 1.54) is 5.56 Å². The number of benzene rings is 1. The molecule has 0 amide bonds. The molecule has 21 heavy (non-hydrogen) atoms. The first-order chi connectivity index (χ1) is 10.2. The Kier molecular flexibility index (Phi) is 6.14. The Morgan fingerprint density at radius 3 is 2.62 bits per heavy atom. The third-order valence-electron chi connectivity index (χ3n) is 2.89. The Labute approximate surface area is 130 Å². The van der Waals surface area contributed by atoms with Crippen molar-refractivity contribution in [2.24, 2.45) is 0 Å². The first kappa shape index (κ1) is 15.9. The van der Waals surface area contributed by atoms with Crippen molar-refractivity contribution >= 4 is 11.8 Å². The summed E-state index contributed by atoms with van der Waals surface area (Å²) in [5.41, 5.74) is 1.24. The number of rotatable bonds is 8. The minimum Gasteiger partial charge on any atom is -0.491 e. The molecule has 1 atom stereocenters. The normalized spacial score (nSPS) is 12.6. The number of nitrogens with zero attached hydrogens (tertiary/aromatic N) is 1. The zero-order valence-electron chi connectivity index (χ0n) is 12.7. The summed E-state index contributed by atoms with van der Waals surface area (Å²) in [4.78, 5) is 4.14. The fourth-order valence-electron chi connectivity index (χ4n) is 2.01. The summed E-state index contributed by atoms with van der Waals surface area (Å²) in [7, 11) is 0. The van der Waals surface area contributed by atoms with Crippen molar-refractivity contribution in [1.82, 2.24) is 10.3 Å². The highest BCUT2D eigenvalue weighted by Crippen LogP contribution is 2.25. The molecule has 0 aliphatic carbocycles. The highest BCUT2D eigenvalue weighted by molar-refractivity contribution is 7.99. The van der Waals surface area contributed by atoms with E-state index in [4.69, 9.17) is 9.15 Å². The molecule has 1 aromatic heterocycles. The van der Waals surface area contributed by atoms with Crippen LogP contribution in [-0.4, -0.2) is 23.4 Å². The van der Waals surface area contributed by atoms with Crippen LogP contribution in [0.1, 0.15) is 32.4 Å². The lowest BCUT2D eigenvalue weighted by atomic mass is 10.1. The molecule has 0 aliphatic heterocycles. The Morgan fingerprint density at radius 1 is 1.29 bits per heavy atom. The molecule has 1 heterocycles. The summed E-state index contributed by atoms with van der Waals surface area (Å²) in [6.07, 6.45) is 3.46. The monoisotopic (exact) mass is 306 g/mol. The van der Waals surface area contributed by atoms with Crippen molar-refractivity contribution in [3.05, 3.63) is 42.3 Å². The van der Waals surface area contributed by atoms with Crippen LogP contribution in [0.3, 0.4) is 0 Å². The maximum Gasteiger partial charge on any atom is 0.255 e. The van der Waals surface area contributed by atoms with Crippen LogP contribution in [-0.2, 0) is 0 Å². The largest absolute Gasteiger partial charge is 0.491 e. The van der Waals surface area contributed by atoms with Crippen molar-refractivity contribution in [3.8, 4) is 5.75 Å². The van der Waals surface area contributed by atoms with Crippen molar-refractivity contribution < 1.29 is 9.15 Å². The summed E-state index contributed by atoms with van der Waals surface area (Å²) in [5.74, 6) is 1.78. The van der Waals surface area contributed by atoms with Crippen LogP contribution in [0.5, 0.6) is 5.75 Å². The van der Waals surface area contributed by atoms with Gasteiger partial charge in [-0.2, -0.15) is 0 Å². The second kappa shape index (κ2) is 8.10. The molecule has 0 bridgehead atoms. The van der Waals surface area contributed by atoms with E-state index >= 15 is 0 Å². The molecular formula is C16H22N2O2S. The first-order valence-corrected chi connectivity index (χ1v) is 8.20. The molecule has 0 radical (unpaired) electrons. The molecule has 0 saturated carbocycles. The summed E-state index contributed by atoms with van der Waals surface area (Å²) >= 11 is 1.61. The van der Waals surface area contributed by atoms with Crippen molar-refractivity contribution in [3.63, 3.8) is 0 Å². The molecule has 4 nitrogen and oxygen atoms in total. The van der Waals surface area contributed by atoms with Crippen LogP contribution in [0.25, 0.3) is 0 Å². The number of hydrogen-bond donors (Lipinski definition) is 1. The minimum atomic E-state index is 0.195. The van der Waals surface area contributed by atoms with E-state index in [9.17, 15) is 0 Å². The lowest BCUT2D eigenvalue weighted by Crippen LogP contribution is -2.22. The van der Waals surface area contributed by atoms with Gasteiger partial charge in [0.2, 0.25) is 0 Å². The third-order valence-corrected chi connectivity index (χ3v) is 3.84. The van der Waals surface area contributed by atoms with Gasteiger partial charge >= 0.3 is 0 Å². The molecule has 0 saturated heterocycles. The van der Waals surface area contributed by atoms with Gasteiger partial charge in [-0.15, -0.1) is 0 Å². The molecule has 0 aliphatic rings. The quantitative estimate of drug-likeness (QED) is 0.749. The lowest BCUT2D eigenvalue weighted by Gasteiger charge is -2.18. The van der Waals surface area contributed by atoms with Gasteiger partial charge in [0, 0.05) is 11.8 Å². The number of thioether (sulfide) groups is 1. The SMILES string of the molecule is CCNC(CSc1ncco1)c1ccc(OC(C)C)cc1. The average Bonchev–Trinajstić information content (AvgIpc) is 2.97. The first-order valence-electron chi connectivity index (χ1n) is 7.21. The Morgan fingerprint density at radius 2 is 2.05 bits per heavy atom. The standard InChI is InChI=1S/C16H22N2O2S/c1-4-17-15(11-21-16-18-9-10-19-16)13-5-7-14(8-6-13)20-12(2)3/h5-10,12,15,17H,4,11H2,1-3H3. The molecular weight excluding hydrogens is 284 g/mol. The number of nitrogens with one attached hydrogen (secondary N) is 1. The molecule has 2 rings (SSSR count). The highest BCUT2D eigenvalue weighted by Gasteiger charge is 2.12. The van der Waals surface area contributed by atoms with E-state index in [-0.39, 0.29) is 12.1 Å². The second-order valence-electron chi connectivity index (χ2n) is 4.95. The van der Waals surface area contributed by atoms with Crippen LogP contribution in [0.15, 0.2) is 46.4 Å². The Hall–Kier alpha value is -1.46. The van der Waals surface area contributed by atoms with Gasteiger partial charge in [-0.25, -0.2) is 4.98 Å². The zero-order valence-corrected chi connectivity index (χ0v) is 13.5. The molecule has 0 fully saturated rings. The smallest absolute Gasteiger partial charge is 0.255 e. The average molecular weight is 306 g/mol. The van der Waals surface area contributed by atoms with Crippen LogP contribution < -0.4 is 10.1 Å². The number of hydrogen-bond acceptors (Lipinski definition) is 5. The summed E-state index contributed by atoms with van der Waals surface area (Å²) in [5, 5.41) is 4.20. The highest BCUT2D eigenvalue weighted by atomic mass is 32.2. The summed E-state index contributed by atoms with van der Waals surface area (Å²) in [6.45, 7) is 7.09. The van der Waals surface area contributed by atoms with E-state index in [0.29, 0.717) is 5.22 Å². The third kappa shape index (κ3) is 5.10. The van der Waals surface area contributed by atoms with Gasteiger partial charge in [-0.05, 0) is 38.1 Å². The van der Waals surface area contributed by atoms with Gasteiger partial charge < -0.3 is 14.5 Å². The van der Waals surface area contributed by atoms with Crippen LogP contribution in [0, 0.1) is 0 Å². The van der Waals surface area contributed by atoms with Gasteiger partial charge in [-0.3, -0.25) is 0 Å². The molecule has 1 aromatic carbocycles. The van der Waals surface area contributed by atoms with Crippen LogP contribution >= 0.6 is 11.8 Å². The predicted octanol–water partition coefficient (Wildman–Crippen LogP) is 3.90. The Bertz CT molecular complexity index is 512. The fraction of sp³-hybridized carbons (Fsp3) is 0.438. The van der Waals surface area contributed by atoms with Crippen molar-refractivity contribution in [1.29, 1.82) is 0 Å². The van der Waals surface area contributed by atoms with E-state index in [1.807, 2.05) is 26.0 Å². The van der Waals surface area contributed by atoms with Gasteiger partial charge in [-0.1, -0.05) is 30.8 Å². The second-order valence-corrected chi connectivity index (χ2v) is 5.93. The fourth-order valence-corrected chi connectivity index (χ4v) is 2.89. The maximum atomic E-state index is 5.68. The van der Waals surface area contributed by atoms with Gasteiger partial charge in [0.05, 0.1) is 12.3 Å². The number of aromatic nitrogens is 1. The van der Waals surface area contributed by atoms with E-state index in [1.54, 1.807) is 24.2 Å². The Balaban J connectivity index is 1.99. The molecule has 114 valence electrons. The molecule has 0 spiro atoms. The van der Waals surface area contributed by atoms with E-state index in [0.717, 1.165) is 18.0 Å². The summed E-state index contributed by atoms with van der Waals surface area (Å²) < 4.78 is 10.9. The lowest BCUT2D eigenvalue weighted by molar-refractivity contribution is 0.242. The molecule has 1 unspecified atom stereocenters. The molecule has 2 aromatic rings. The number of oxazole rings is 1. The maximum absolute atomic E-state index is 5.68. The topological polar surface area (TPSA) is 47.3 Å². The van der Waals surface area contributed by atoms with Crippen molar-refractivity contribution in [2.75, 3.05) is 12.3 Å². The summed E-state index contributed by atoms with van der Waals surface area (Å²) in [6, 6.07) is 8.54. The van der Waals surface area contributed by atoms with E-state index < -0.39 is 0 Å². The predicted molar refractivity (Wildman–Crippen MR) is 85.9 cm³/mol. The zero-order chi connectivity index (χ0) is 15.1. The van der Waals surface area contributed by atoms with Crippen LogP contribution in [0.2, 0.25) is 0 Å². The van der Waals surface area contributed by atoms with Crippen molar-refractivity contribution in [2.45, 2.75) is 38.1 Å². The molecule has 1 N–H and O–H groups in total. The van der Waals surface area contributed by atoms with Gasteiger partial charge in [0.15, 0.2) is 0 Å². The number of ether oxygens (including phenoxy) is 1. The van der Waals surface area contributed by atoms with E-state index in [2.05, 4.69) is 29.4 Å². The van der Waals surface area contributed by atoms with Gasteiger partial charge in [0.1, 0.15) is 12.0 Å². The molecule has 5 heteroatoms. The van der Waals surface area contributed by atoms with Crippen LogP contribution in [0.4, 0.5) is 0 Å².